The van der Waals surface area contributed by atoms with E-state index in [9.17, 15) is 4.79 Å². The minimum Gasteiger partial charge on any atom is -0.339 e. The van der Waals surface area contributed by atoms with Crippen LogP contribution in [0.15, 0.2) is 33.3 Å². The predicted octanol–water partition coefficient (Wildman–Crippen LogP) is 1.91. The molecule has 0 saturated carbocycles. The first kappa shape index (κ1) is 14.7. The number of carbonyl (C=O) groups is 1. The first-order valence-electron chi connectivity index (χ1n) is 6.19. The van der Waals surface area contributed by atoms with Crippen LogP contribution in [0.3, 0.4) is 0 Å². The van der Waals surface area contributed by atoms with Crippen molar-refractivity contribution >= 4 is 27.5 Å². The van der Waals surface area contributed by atoms with Gasteiger partial charge in [0.15, 0.2) is 5.82 Å². The summed E-state index contributed by atoms with van der Waals surface area (Å²) in [5, 5.41) is 9.54. The van der Waals surface area contributed by atoms with Crippen molar-refractivity contribution in [1.82, 2.24) is 15.5 Å². The van der Waals surface area contributed by atoms with Gasteiger partial charge in [0.25, 0.3) is 0 Å². The molecule has 0 fully saturated rings. The first-order valence-corrected chi connectivity index (χ1v) is 6.99. The van der Waals surface area contributed by atoms with Gasteiger partial charge < -0.3 is 15.2 Å². The number of halogens is 1. The minimum absolute atomic E-state index is 0.0985. The van der Waals surface area contributed by atoms with Crippen molar-refractivity contribution in [3.05, 3.63) is 40.5 Å². The number of carbonyl (C=O) groups excluding carboxylic acids is 1. The zero-order chi connectivity index (χ0) is 14.4. The molecule has 0 spiro atoms. The van der Waals surface area contributed by atoms with Gasteiger partial charge in [0.05, 0.1) is 12.2 Å². The topological polar surface area (TPSA) is 80.0 Å². The average molecular weight is 339 g/mol. The second-order valence-electron chi connectivity index (χ2n) is 4.19. The number of hydrogen-bond acceptors (Lipinski definition) is 5. The number of amides is 1. The number of anilines is 1. The van der Waals surface area contributed by atoms with Crippen LogP contribution >= 0.6 is 15.9 Å². The maximum absolute atomic E-state index is 11.7. The van der Waals surface area contributed by atoms with Crippen LogP contribution < -0.4 is 10.6 Å². The van der Waals surface area contributed by atoms with Gasteiger partial charge in [-0.2, -0.15) is 4.98 Å². The molecule has 0 radical (unpaired) electrons. The van der Waals surface area contributed by atoms with Gasteiger partial charge in [0.1, 0.15) is 0 Å². The molecular weight excluding hydrogens is 324 g/mol. The lowest BCUT2D eigenvalue weighted by molar-refractivity contribution is -0.115. The SMILES string of the molecule is Cc1noc(CCNCC(=O)Nc2ccccc2Br)n1. The highest BCUT2D eigenvalue weighted by atomic mass is 79.9. The lowest BCUT2D eigenvalue weighted by Gasteiger charge is -2.07. The number of para-hydroxylation sites is 1. The Balaban J connectivity index is 1.69. The van der Waals surface area contributed by atoms with Gasteiger partial charge in [-0.25, -0.2) is 0 Å². The van der Waals surface area contributed by atoms with Gasteiger partial charge in [0.2, 0.25) is 11.8 Å². The smallest absolute Gasteiger partial charge is 0.238 e. The van der Waals surface area contributed by atoms with Crippen LogP contribution in [-0.2, 0) is 11.2 Å². The van der Waals surface area contributed by atoms with Gasteiger partial charge >= 0.3 is 0 Å². The van der Waals surface area contributed by atoms with E-state index in [0.29, 0.717) is 24.7 Å². The Kier molecular flexibility index (Phi) is 5.25. The maximum atomic E-state index is 11.7. The van der Waals surface area contributed by atoms with Crippen molar-refractivity contribution in [3.8, 4) is 0 Å². The zero-order valence-corrected chi connectivity index (χ0v) is 12.6. The molecule has 0 aliphatic heterocycles. The van der Waals surface area contributed by atoms with Crippen molar-refractivity contribution in [2.45, 2.75) is 13.3 Å². The van der Waals surface area contributed by atoms with E-state index in [1.807, 2.05) is 24.3 Å². The Morgan fingerprint density at radius 3 is 2.90 bits per heavy atom. The second kappa shape index (κ2) is 7.16. The lowest BCUT2D eigenvalue weighted by atomic mass is 10.3. The van der Waals surface area contributed by atoms with Crippen LogP contribution in [0, 0.1) is 6.92 Å². The van der Waals surface area contributed by atoms with E-state index in [0.717, 1.165) is 10.2 Å². The standard InChI is InChI=1S/C13H15BrN4O2/c1-9-16-13(20-18-9)6-7-15-8-12(19)17-11-5-3-2-4-10(11)14/h2-5,15H,6-8H2,1H3,(H,17,19). The van der Waals surface area contributed by atoms with Crippen molar-refractivity contribution in [2.24, 2.45) is 0 Å². The quantitative estimate of drug-likeness (QED) is 0.786. The largest absolute Gasteiger partial charge is 0.339 e. The summed E-state index contributed by atoms with van der Waals surface area (Å²) >= 11 is 3.38. The fourth-order valence-corrected chi connectivity index (χ4v) is 1.98. The zero-order valence-electron chi connectivity index (χ0n) is 11.0. The molecule has 20 heavy (non-hydrogen) atoms. The van der Waals surface area contributed by atoms with Crippen molar-refractivity contribution in [2.75, 3.05) is 18.4 Å². The fraction of sp³-hybridized carbons (Fsp3) is 0.308. The van der Waals surface area contributed by atoms with E-state index < -0.39 is 0 Å². The first-order chi connectivity index (χ1) is 9.65. The van der Waals surface area contributed by atoms with Gasteiger partial charge in [0, 0.05) is 17.4 Å². The molecule has 0 atom stereocenters. The molecule has 2 aromatic rings. The summed E-state index contributed by atoms with van der Waals surface area (Å²) < 4.78 is 5.83. The van der Waals surface area contributed by atoms with Crippen molar-refractivity contribution in [3.63, 3.8) is 0 Å². The summed E-state index contributed by atoms with van der Waals surface area (Å²) in [6.07, 6.45) is 0.600. The fourth-order valence-electron chi connectivity index (χ4n) is 1.60. The number of nitrogens with zero attached hydrogens (tertiary/aromatic N) is 2. The second-order valence-corrected chi connectivity index (χ2v) is 5.04. The number of rotatable bonds is 6. The Morgan fingerprint density at radius 1 is 1.40 bits per heavy atom. The van der Waals surface area contributed by atoms with Gasteiger partial charge in [-0.3, -0.25) is 4.79 Å². The Morgan fingerprint density at radius 2 is 2.20 bits per heavy atom. The van der Waals surface area contributed by atoms with Gasteiger partial charge in [-0.1, -0.05) is 17.3 Å². The molecule has 0 aliphatic carbocycles. The molecule has 2 rings (SSSR count). The molecule has 0 bridgehead atoms. The highest BCUT2D eigenvalue weighted by molar-refractivity contribution is 9.10. The van der Waals surface area contributed by atoms with Gasteiger partial charge in [-0.15, -0.1) is 0 Å². The van der Waals surface area contributed by atoms with Crippen LogP contribution in [0.2, 0.25) is 0 Å². The molecule has 6 nitrogen and oxygen atoms in total. The van der Waals surface area contributed by atoms with E-state index in [1.54, 1.807) is 6.92 Å². The minimum atomic E-state index is -0.0985. The molecule has 1 heterocycles. The third-order valence-electron chi connectivity index (χ3n) is 2.52. The third kappa shape index (κ3) is 4.43. The van der Waals surface area contributed by atoms with Crippen LogP contribution in [0.1, 0.15) is 11.7 Å². The molecule has 1 aromatic heterocycles. The summed E-state index contributed by atoms with van der Waals surface area (Å²) in [6, 6.07) is 7.47. The molecule has 7 heteroatoms. The number of benzene rings is 1. The summed E-state index contributed by atoms with van der Waals surface area (Å²) in [6.45, 7) is 2.60. The van der Waals surface area contributed by atoms with E-state index >= 15 is 0 Å². The van der Waals surface area contributed by atoms with Crippen molar-refractivity contribution < 1.29 is 9.32 Å². The molecule has 1 amide bonds. The average Bonchev–Trinajstić information content (AvgIpc) is 2.83. The van der Waals surface area contributed by atoms with Crippen LogP contribution in [0.25, 0.3) is 0 Å². The third-order valence-corrected chi connectivity index (χ3v) is 3.21. The van der Waals surface area contributed by atoms with E-state index in [2.05, 4.69) is 36.7 Å². The molecule has 1 aromatic carbocycles. The molecular formula is C13H15BrN4O2. The Bertz CT molecular complexity index is 585. The van der Waals surface area contributed by atoms with Gasteiger partial charge in [-0.05, 0) is 35.0 Å². The Labute approximate surface area is 125 Å². The number of aromatic nitrogens is 2. The molecule has 0 unspecified atom stereocenters. The van der Waals surface area contributed by atoms with Crippen LogP contribution in [0.4, 0.5) is 5.69 Å². The number of aryl methyl sites for hydroxylation is 1. The Hall–Kier alpha value is -1.73. The normalized spacial score (nSPS) is 10.5. The summed E-state index contributed by atoms with van der Waals surface area (Å²) in [5.41, 5.74) is 0.756. The summed E-state index contributed by atoms with van der Waals surface area (Å²) in [7, 11) is 0. The summed E-state index contributed by atoms with van der Waals surface area (Å²) in [5.74, 6) is 1.09. The monoisotopic (exact) mass is 338 g/mol. The number of hydrogen-bond donors (Lipinski definition) is 2. The lowest BCUT2D eigenvalue weighted by Crippen LogP contribution is -2.29. The highest BCUT2D eigenvalue weighted by Gasteiger charge is 2.05. The van der Waals surface area contributed by atoms with Crippen LogP contribution in [-0.4, -0.2) is 29.1 Å². The molecule has 0 saturated heterocycles. The highest BCUT2D eigenvalue weighted by Crippen LogP contribution is 2.20. The molecule has 0 aliphatic rings. The predicted molar refractivity (Wildman–Crippen MR) is 78.4 cm³/mol. The van der Waals surface area contributed by atoms with E-state index in [4.69, 9.17) is 4.52 Å². The van der Waals surface area contributed by atoms with E-state index in [1.165, 1.54) is 0 Å². The van der Waals surface area contributed by atoms with Crippen LogP contribution in [0.5, 0.6) is 0 Å². The maximum Gasteiger partial charge on any atom is 0.238 e. The molecule has 106 valence electrons. The summed E-state index contributed by atoms with van der Waals surface area (Å²) in [4.78, 5) is 15.8. The van der Waals surface area contributed by atoms with Crippen molar-refractivity contribution in [1.29, 1.82) is 0 Å². The molecule has 2 N–H and O–H groups in total. The number of nitrogens with one attached hydrogen (secondary N) is 2. The van der Waals surface area contributed by atoms with E-state index in [-0.39, 0.29) is 12.5 Å².